The lowest BCUT2D eigenvalue weighted by Gasteiger charge is -2.27. The van der Waals surface area contributed by atoms with Gasteiger partial charge in [0.15, 0.2) is 0 Å². The topological polar surface area (TPSA) is 61.8 Å². The van der Waals surface area contributed by atoms with E-state index in [1.54, 1.807) is 24.1 Å². The second kappa shape index (κ2) is 5.05. The molecule has 2 aliphatic rings. The molecule has 5 heteroatoms. The molecule has 23 heavy (non-hydrogen) atoms. The number of para-hydroxylation sites is 2. The molecule has 0 bridgehead atoms. The van der Waals surface area contributed by atoms with Crippen LogP contribution in [0.3, 0.4) is 0 Å². The number of rotatable bonds is 1. The van der Waals surface area contributed by atoms with Crippen LogP contribution in [0.2, 0.25) is 0 Å². The highest BCUT2D eigenvalue weighted by Crippen LogP contribution is 2.34. The van der Waals surface area contributed by atoms with Crippen molar-refractivity contribution >= 4 is 28.7 Å². The average molecular weight is 305 g/mol. The molecule has 5 nitrogen and oxygen atoms in total. The molecule has 0 aliphatic carbocycles. The molecule has 2 aromatic carbocycles. The Bertz CT molecular complexity index is 829. The summed E-state index contributed by atoms with van der Waals surface area (Å²) in [6, 6.07) is 16.8. The van der Waals surface area contributed by atoms with Gasteiger partial charge in [-0.05, 0) is 31.2 Å². The van der Waals surface area contributed by atoms with E-state index in [0.29, 0.717) is 17.0 Å². The fraction of sp³-hybridized carbons (Fsp3) is 0.167. The Balaban J connectivity index is 1.83. The van der Waals surface area contributed by atoms with Gasteiger partial charge in [-0.2, -0.15) is 5.10 Å². The van der Waals surface area contributed by atoms with Crippen molar-refractivity contribution in [3.63, 3.8) is 0 Å². The van der Waals surface area contributed by atoms with Crippen molar-refractivity contribution in [3.05, 3.63) is 60.2 Å². The molecule has 2 aromatic rings. The Morgan fingerprint density at radius 1 is 1.00 bits per heavy atom. The van der Waals surface area contributed by atoms with E-state index >= 15 is 0 Å². The van der Waals surface area contributed by atoms with Crippen LogP contribution in [0.1, 0.15) is 17.3 Å². The lowest BCUT2D eigenvalue weighted by Crippen LogP contribution is -2.43. The van der Waals surface area contributed by atoms with Crippen LogP contribution < -0.4 is 10.3 Å². The summed E-state index contributed by atoms with van der Waals surface area (Å²) in [6.45, 7) is 1.80. The number of fused-ring (bicyclic) bond motifs is 2. The second-order valence-corrected chi connectivity index (χ2v) is 5.73. The van der Waals surface area contributed by atoms with Crippen molar-refractivity contribution in [2.75, 3.05) is 10.3 Å². The van der Waals surface area contributed by atoms with Gasteiger partial charge in [0.05, 0.1) is 11.4 Å². The zero-order valence-electron chi connectivity index (χ0n) is 12.6. The van der Waals surface area contributed by atoms with Gasteiger partial charge in [0.1, 0.15) is 12.1 Å². The molecule has 2 heterocycles. The Hall–Kier alpha value is -2.95. The number of Topliss-reactive ketones (excluding diaryl/α,β-unsaturated/α-hetero) is 2. The van der Waals surface area contributed by atoms with E-state index in [1.165, 1.54) is 0 Å². The van der Waals surface area contributed by atoms with Crippen molar-refractivity contribution in [2.45, 2.75) is 13.1 Å². The summed E-state index contributed by atoms with van der Waals surface area (Å²) in [4.78, 5) is 25.2. The summed E-state index contributed by atoms with van der Waals surface area (Å²) in [5, 5.41) is 9.63. The first-order valence-corrected chi connectivity index (χ1v) is 7.50. The standard InChI is InChI=1S/C18H15N3O2/c1-11-15-17(23)16(22)13-9-5-6-10-14(13)19-18(15)21(20-11)12-7-3-2-4-8-12/h2-10,15,18-19H,1H3. The van der Waals surface area contributed by atoms with Crippen LogP contribution in [-0.2, 0) is 4.79 Å². The minimum absolute atomic E-state index is 0.391. The van der Waals surface area contributed by atoms with E-state index in [4.69, 9.17) is 0 Å². The van der Waals surface area contributed by atoms with Crippen LogP contribution >= 0.6 is 0 Å². The quantitative estimate of drug-likeness (QED) is 0.823. The van der Waals surface area contributed by atoms with Crippen molar-refractivity contribution in [3.8, 4) is 0 Å². The molecule has 2 unspecified atom stereocenters. The van der Waals surface area contributed by atoms with E-state index in [-0.39, 0.29) is 0 Å². The van der Waals surface area contributed by atoms with Gasteiger partial charge >= 0.3 is 0 Å². The highest BCUT2D eigenvalue weighted by molar-refractivity contribution is 6.49. The van der Waals surface area contributed by atoms with Crippen molar-refractivity contribution < 1.29 is 9.59 Å². The third kappa shape index (κ3) is 2.04. The van der Waals surface area contributed by atoms with Gasteiger partial charge in [-0.3, -0.25) is 9.59 Å². The molecule has 0 saturated heterocycles. The zero-order valence-corrected chi connectivity index (χ0v) is 12.6. The maximum atomic E-state index is 12.7. The highest BCUT2D eigenvalue weighted by atomic mass is 16.2. The van der Waals surface area contributed by atoms with E-state index in [1.807, 2.05) is 42.5 Å². The number of hydrazone groups is 1. The largest absolute Gasteiger partial charge is 0.362 e. The van der Waals surface area contributed by atoms with Gasteiger partial charge in [0.25, 0.3) is 0 Å². The lowest BCUT2D eigenvalue weighted by atomic mass is 9.93. The molecular formula is C18H15N3O2. The molecule has 0 radical (unpaired) electrons. The highest BCUT2D eigenvalue weighted by Gasteiger charge is 2.46. The number of nitrogens with zero attached hydrogens (tertiary/aromatic N) is 2. The lowest BCUT2D eigenvalue weighted by molar-refractivity contribution is -0.116. The second-order valence-electron chi connectivity index (χ2n) is 5.73. The summed E-state index contributed by atoms with van der Waals surface area (Å²) in [7, 11) is 0. The third-order valence-corrected chi connectivity index (χ3v) is 4.30. The normalized spacial score (nSPS) is 22.8. The molecule has 2 aliphatic heterocycles. The first kappa shape index (κ1) is 13.7. The van der Waals surface area contributed by atoms with Gasteiger partial charge in [-0.1, -0.05) is 30.3 Å². The number of benzene rings is 2. The van der Waals surface area contributed by atoms with E-state index in [9.17, 15) is 9.59 Å². The Morgan fingerprint density at radius 3 is 2.48 bits per heavy atom. The first-order chi connectivity index (χ1) is 11.2. The summed E-state index contributed by atoms with van der Waals surface area (Å²) >= 11 is 0. The van der Waals surface area contributed by atoms with E-state index in [0.717, 1.165) is 5.69 Å². The summed E-state index contributed by atoms with van der Waals surface area (Å²) < 4.78 is 0. The SMILES string of the molecule is CC1=NN(c2ccccc2)C2Nc3ccccc3C(=O)C(=O)C12. The molecule has 4 rings (SSSR count). The van der Waals surface area contributed by atoms with Crippen LogP contribution in [0, 0.1) is 5.92 Å². The molecule has 0 fully saturated rings. The minimum atomic E-state index is -0.574. The van der Waals surface area contributed by atoms with Crippen LogP contribution in [0.25, 0.3) is 0 Å². The zero-order chi connectivity index (χ0) is 16.0. The predicted octanol–water partition coefficient (Wildman–Crippen LogP) is 2.70. The smallest absolute Gasteiger partial charge is 0.231 e. The maximum Gasteiger partial charge on any atom is 0.231 e. The number of anilines is 2. The molecule has 1 N–H and O–H groups in total. The van der Waals surface area contributed by atoms with Gasteiger partial charge in [0.2, 0.25) is 11.6 Å². The van der Waals surface area contributed by atoms with E-state index in [2.05, 4.69) is 10.4 Å². The van der Waals surface area contributed by atoms with Crippen molar-refractivity contribution in [1.82, 2.24) is 0 Å². The number of carbonyl (C=O) groups is 2. The number of hydrogen-bond donors (Lipinski definition) is 1. The Morgan fingerprint density at radius 2 is 1.70 bits per heavy atom. The number of carbonyl (C=O) groups excluding carboxylic acids is 2. The first-order valence-electron chi connectivity index (χ1n) is 7.50. The minimum Gasteiger partial charge on any atom is -0.362 e. The van der Waals surface area contributed by atoms with Gasteiger partial charge in [0, 0.05) is 11.3 Å². The average Bonchev–Trinajstić information content (AvgIpc) is 2.85. The fourth-order valence-corrected chi connectivity index (χ4v) is 3.18. The summed E-state index contributed by atoms with van der Waals surface area (Å²) in [5.74, 6) is -1.44. The Kier molecular flexibility index (Phi) is 3.01. The van der Waals surface area contributed by atoms with Gasteiger partial charge < -0.3 is 5.32 Å². The predicted molar refractivity (Wildman–Crippen MR) is 88.7 cm³/mol. The molecular weight excluding hydrogens is 290 g/mol. The Labute approximate surface area is 133 Å². The maximum absolute atomic E-state index is 12.7. The number of ketones is 2. The monoisotopic (exact) mass is 305 g/mol. The molecule has 0 spiro atoms. The van der Waals surface area contributed by atoms with Crippen molar-refractivity contribution in [2.24, 2.45) is 11.0 Å². The number of nitrogens with one attached hydrogen (secondary N) is 1. The fourth-order valence-electron chi connectivity index (χ4n) is 3.18. The van der Waals surface area contributed by atoms with Crippen molar-refractivity contribution in [1.29, 1.82) is 0 Å². The van der Waals surface area contributed by atoms with Crippen LogP contribution in [0.4, 0.5) is 11.4 Å². The van der Waals surface area contributed by atoms with Gasteiger partial charge in [-0.25, -0.2) is 5.01 Å². The van der Waals surface area contributed by atoms with Crippen LogP contribution in [-0.4, -0.2) is 23.4 Å². The summed E-state index contributed by atoms with van der Waals surface area (Å²) in [5.41, 5.74) is 2.63. The van der Waals surface area contributed by atoms with Crippen LogP contribution in [0.5, 0.6) is 0 Å². The third-order valence-electron chi connectivity index (χ3n) is 4.30. The van der Waals surface area contributed by atoms with Crippen LogP contribution in [0.15, 0.2) is 59.7 Å². The number of hydrogen-bond acceptors (Lipinski definition) is 5. The molecule has 2 atom stereocenters. The van der Waals surface area contributed by atoms with E-state index < -0.39 is 23.7 Å². The molecule has 0 aromatic heterocycles. The van der Waals surface area contributed by atoms with Gasteiger partial charge in [-0.15, -0.1) is 0 Å². The summed E-state index contributed by atoms with van der Waals surface area (Å²) in [6.07, 6.45) is -0.391. The molecule has 114 valence electrons. The molecule has 0 amide bonds. The molecule has 0 saturated carbocycles.